The van der Waals surface area contributed by atoms with Crippen molar-refractivity contribution >= 4 is 28.5 Å². The van der Waals surface area contributed by atoms with E-state index >= 15 is 0 Å². The Morgan fingerprint density at radius 1 is 0.968 bits per heavy atom. The quantitative estimate of drug-likeness (QED) is 0.371. The van der Waals surface area contributed by atoms with E-state index in [1.165, 1.54) is 0 Å². The summed E-state index contributed by atoms with van der Waals surface area (Å²) in [5.74, 6) is -0.492. The van der Waals surface area contributed by atoms with Crippen molar-refractivity contribution in [2.45, 2.75) is 25.9 Å². The first-order valence-electron chi connectivity index (χ1n) is 10.1. The fourth-order valence-electron chi connectivity index (χ4n) is 3.50. The van der Waals surface area contributed by atoms with Gasteiger partial charge in [0.25, 0.3) is 0 Å². The Morgan fingerprint density at radius 3 is 2.32 bits per heavy atom. The van der Waals surface area contributed by atoms with Crippen molar-refractivity contribution in [2.24, 2.45) is 0 Å². The fourth-order valence-corrected chi connectivity index (χ4v) is 3.63. The topological polar surface area (TPSA) is 59.4 Å². The van der Waals surface area contributed by atoms with Crippen LogP contribution in [0.4, 0.5) is 0 Å². The van der Waals surface area contributed by atoms with Gasteiger partial charge < -0.3 is 9.84 Å². The average molecular weight is 432 g/mol. The van der Waals surface area contributed by atoms with E-state index in [1.54, 1.807) is 6.07 Å². The second-order valence-corrected chi connectivity index (χ2v) is 7.90. The van der Waals surface area contributed by atoms with Gasteiger partial charge in [-0.05, 0) is 60.7 Å². The maximum atomic E-state index is 11.8. The van der Waals surface area contributed by atoms with E-state index in [2.05, 4.69) is 4.98 Å². The molecule has 0 aliphatic rings. The predicted molar refractivity (Wildman–Crippen MR) is 124 cm³/mol. The lowest BCUT2D eigenvalue weighted by molar-refractivity contribution is -0.145. The molecule has 3 aromatic carbocycles. The van der Waals surface area contributed by atoms with E-state index in [9.17, 15) is 9.90 Å². The Kier molecular flexibility index (Phi) is 6.19. The van der Waals surface area contributed by atoms with Crippen LogP contribution in [-0.2, 0) is 11.2 Å². The molecule has 4 nitrogen and oxygen atoms in total. The smallest absolute Gasteiger partial charge is 0.344 e. The molecule has 1 heterocycles. The summed E-state index contributed by atoms with van der Waals surface area (Å²) < 4.78 is 5.90. The molecule has 0 saturated heterocycles. The van der Waals surface area contributed by atoms with E-state index < -0.39 is 12.1 Å². The number of benzene rings is 3. The van der Waals surface area contributed by atoms with Crippen LogP contribution in [-0.4, -0.2) is 22.2 Å². The van der Waals surface area contributed by atoms with Crippen LogP contribution < -0.4 is 4.74 Å². The van der Waals surface area contributed by atoms with Crippen LogP contribution in [0.15, 0.2) is 78.9 Å². The van der Waals surface area contributed by atoms with Gasteiger partial charge >= 0.3 is 5.97 Å². The van der Waals surface area contributed by atoms with Gasteiger partial charge in [-0.3, -0.25) is 0 Å². The van der Waals surface area contributed by atoms with Crippen LogP contribution in [0, 0.1) is 6.92 Å². The number of ether oxygens (including phenoxy) is 1. The third kappa shape index (κ3) is 5.04. The van der Waals surface area contributed by atoms with Gasteiger partial charge in [-0.25, -0.2) is 9.78 Å². The molecule has 4 rings (SSSR count). The van der Waals surface area contributed by atoms with E-state index in [4.69, 9.17) is 16.3 Å². The number of nitrogens with zero attached hydrogens (tertiary/aromatic N) is 1. The van der Waals surface area contributed by atoms with Gasteiger partial charge in [-0.2, -0.15) is 0 Å². The van der Waals surface area contributed by atoms with Crippen molar-refractivity contribution in [3.63, 3.8) is 0 Å². The van der Waals surface area contributed by atoms with Gasteiger partial charge in [0.15, 0.2) is 6.10 Å². The van der Waals surface area contributed by atoms with Crippen LogP contribution in [0.3, 0.4) is 0 Å². The molecule has 0 amide bonds. The highest BCUT2D eigenvalue weighted by Gasteiger charge is 2.21. The Bertz CT molecular complexity index is 1200. The second kappa shape index (κ2) is 9.19. The van der Waals surface area contributed by atoms with E-state index in [0.29, 0.717) is 29.1 Å². The molecule has 0 radical (unpaired) electrons. The Hall–Kier alpha value is -3.37. The first kappa shape index (κ1) is 20.9. The number of aryl methyl sites for hydroxylation is 2. The minimum Gasteiger partial charge on any atom is -0.479 e. The van der Waals surface area contributed by atoms with Crippen LogP contribution >= 0.6 is 11.6 Å². The second-order valence-electron chi connectivity index (χ2n) is 7.47. The summed E-state index contributed by atoms with van der Waals surface area (Å²) in [6.45, 7) is 1.90. The van der Waals surface area contributed by atoms with Crippen molar-refractivity contribution in [1.82, 2.24) is 4.98 Å². The maximum absolute atomic E-state index is 11.8. The molecule has 0 fully saturated rings. The Balaban J connectivity index is 1.46. The molecule has 0 aliphatic heterocycles. The summed E-state index contributed by atoms with van der Waals surface area (Å²) in [5.41, 5.74) is 4.77. The van der Waals surface area contributed by atoms with Crippen LogP contribution in [0.2, 0.25) is 5.02 Å². The average Bonchev–Trinajstić information content (AvgIpc) is 2.77. The monoisotopic (exact) mass is 431 g/mol. The Labute approximate surface area is 186 Å². The molecular weight excluding hydrogens is 410 g/mol. The zero-order chi connectivity index (χ0) is 21.8. The van der Waals surface area contributed by atoms with Crippen molar-refractivity contribution in [2.75, 3.05) is 0 Å². The molecule has 31 heavy (non-hydrogen) atoms. The number of hydrogen-bond donors (Lipinski definition) is 1. The SMILES string of the molecule is Cc1ccc2cccc(OC(CCc3ccc(-c4ccc(Cl)cc4)cc3)C(=O)O)c2n1. The summed E-state index contributed by atoms with van der Waals surface area (Å²) in [4.78, 5) is 16.4. The highest BCUT2D eigenvalue weighted by atomic mass is 35.5. The number of halogens is 1. The summed E-state index contributed by atoms with van der Waals surface area (Å²) in [5, 5.41) is 11.3. The molecule has 0 aliphatic carbocycles. The zero-order valence-electron chi connectivity index (χ0n) is 17.1. The molecule has 1 aromatic heterocycles. The number of hydrogen-bond acceptors (Lipinski definition) is 3. The van der Waals surface area contributed by atoms with Gasteiger partial charge in [-0.15, -0.1) is 0 Å². The number of aliphatic carboxylic acids is 1. The summed E-state index contributed by atoms with van der Waals surface area (Å²) >= 11 is 5.95. The van der Waals surface area contributed by atoms with E-state index in [-0.39, 0.29) is 0 Å². The first-order valence-corrected chi connectivity index (χ1v) is 10.5. The van der Waals surface area contributed by atoms with E-state index in [0.717, 1.165) is 27.8 Å². The number of rotatable bonds is 7. The number of carboxylic acid groups (broad SMARTS) is 1. The summed E-state index contributed by atoms with van der Waals surface area (Å²) in [6, 6.07) is 25.2. The molecule has 156 valence electrons. The molecule has 5 heteroatoms. The number of aromatic nitrogens is 1. The third-order valence-electron chi connectivity index (χ3n) is 5.19. The predicted octanol–water partition coefficient (Wildman–Crippen LogP) is 6.33. The molecule has 0 spiro atoms. The molecule has 1 N–H and O–H groups in total. The molecule has 0 bridgehead atoms. The zero-order valence-corrected chi connectivity index (χ0v) is 17.8. The highest BCUT2D eigenvalue weighted by molar-refractivity contribution is 6.30. The number of pyridine rings is 1. The van der Waals surface area contributed by atoms with Gasteiger partial charge in [-0.1, -0.05) is 66.2 Å². The molecular formula is C26H22ClNO3. The third-order valence-corrected chi connectivity index (χ3v) is 5.45. The van der Waals surface area contributed by atoms with Gasteiger partial charge in [0.1, 0.15) is 11.3 Å². The molecule has 0 saturated carbocycles. The standard InChI is InChI=1S/C26H22ClNO3/c1-17-5-9-21-3-2-4-23(25(21)28-17)31-24(26(29)30)16-8-18-6-10-19(11-7-18)20-12-14-22(27)15-13-20/h2-7,9-15,24H,8,16H2,1H3,(H,29,30). The lowest BCUT2D eigenvalue weighted by Crippen LogP contribution is -2.27. The minimum atomic E-state index is -0.984. The van der Waals surface area contributed by atoms with Crippen molar-refractivity contribution in [3.8, 4) is 16.9 Å². The van der Waals surface area contributed by atoms with Crippen molar-refractivity contribution in [3.05, 3.63) is 95.1 Å². The first-order chi connectivity index (χ1) is 15.0. The number of carboxylic acids is 1. The van der Waals surface area contributed by atoms with Crippen LogP contribution in [0.5, 0.6) is 5.75 Å². The molecule has 1 unspecified atom stereocenters. The lowest BCUT2D eigenvalue weighted by atomic mass is 10.0. The number of carbonyl (C=O) groups is 1. The maximum Gasteiger partial charge on any atom is 0.344 e. The molecule has 4 aromatic rings. The molecule has 1 atom stereocenters. The summed E-state index contributed by atoms with van der Waals surface area (Å²) in [6.07, 6.45) is -0.00346. The largest absolute Gasteiger partial charge is 0.479 e. The van der Waals surface area contributed by atoms with Gasteiger partial charge in [0.2, 0.25) is 0 Å². The van der Waals surface area contributed by atoms with E-state index in [1.807, 2.05) is 79.7 Å². The lowest BCUT2D eigenvalue weighted by Gasteiger charge is -2.16. The van der Waals surface area contributed by atoms with Crippen molar-refractivity contribution in [1.29, 1.82) is 0 Å². The van der Waals surface area contributed by atoms with Gasteiger partial charge in [0.05, 0.1) is 0 Å². The Morgan fingerprint density at radius 2 is 1.65 bits per heavy atom. The van der Waals surface area contributed by atoms with Crippen molar-refractivity contribution < 1.29 is 14.6 Å². The van der Waals surface area contributed by atoms with Crippen LogP contribution in [0.25, 0.3) is 22.0 Å². The van der Waals surface area contributed by atoms with Gasteiger partial charge in [0, 0.05) is 16.1 Å². The number of fused-ring (bicyclic) bond motifs is 1. The fraction of sp³-hybridized carbons (Fsp3) is 0.154. The summed E-state index contributed by atoms with van der Waals surface area (Å²) in [7, 11) is 0. The van der Waals surface area contributed by atoms with Crippen LogP contribution in [0.1, 0.15) is 17.7 Å². The highest BCUT2D eigenvalue weighted by Crippen LogP contribution is 2.26. The normalized spacial score (nSPS) is 11.9. The number of para-hydroxylation sites is 1. The minimum absolute atomic E-state index is 0.359.